The Morgan fingerprint density at radius 3 is 2.47 bits per heavy atom. The van der Waals surface area contributed by atoms with Crippen LogP contribution in [0.1, 0.15) is 34.8 Å². The summed E-state index contributed by atoms with van der Waals surface area (Å²) in [4.78, 5) is 19.4. The molecule has 0 spiro atoms. The van der Waals surface area contributed by atoms with Gasteiger partial charge in [-0.25, -0.2) is 9.38 Å². The quantitative estimate of drug-likeness (QED) is 0.180. The van der Waals surface area contributed by atoms with Crippen molar-refractivity contribution in [2.24, 2.45) is 4.99 Å². The number of aliphatic hydroxyl groups is 1. The molecule has 1 heterocycles. The summed E-state index contributed by atoms with van der Waals surface area (Å²) in [5.41, 5.74) is 1.14. The van der Waals surface area contributed by atoms with E-state index in [1.54, 1.807) is 37.4 Å². The maximum absolute atomic E-state index is 14.5. The van der Waals surface area contributed by atoms with Gasteiger partial charge in [0.1, 0.15) is 17.3 Å². The van der Waals surface area contributed by atoms with Gasteiger partial charge in [0.25, 0.3) is 5.91 Å². The van der Waals surface area contributed by atoms with Gasteiger partial charge in [-0.2, -0.15) is 0 Å². The standard InChI is InChI=1S/C34H32BrFN2O5/c1-41-28-11-6-10-24(20-28)31-34(21-25-8-2-4-12-29(25)35,33(40)37-22-26-9-3-5-13-30(26)36)38-32(43-31)23-14-16-27(17-15-23)42-19-7-18-39/h2-6,8-17,20,31,39H,7,18-19,21-22H2,1H3,(H,37,40)/t31-,34-/m1/s1. The minimum atomic E-state index is -1.45. The molecule has 0 fully saturated rings. The fourth-order valence-electron chi connectivity index (χ4n) is 4.99. The van der Waals surface area contributed by atoms with Crippen LogP contribution in [0.15, 0.2) is 107 Å². The van der Waals surface area contributed by atoms with E-state index >= 15 is 0 Å². The van der Waals surface area contributed by atoms with Crippen LogP contribution in [0.5, 0.6) is 11.5 Å². The molecule has 0 bridgehead atoms. The number of halogens is 2. The number of aliphatic imine (C=N–C) groups is 1. The minimum Gasteiger partial charge on any atom is -0.497 e. The van der Waals surface area contributed by atoms with Gasteiger partial charge in [-0.1, -0.05) is 64.5 Å². The molecule has 4 aromatic carbocycles. The molecule has 0 radical (unpaired) electrons. The molecular formula is C34H32BrFN2O5. The number of nitrogens with zero attached hydrogens (tertiary/aromatic N) is 1. The summed E-state index contributed by atoms with van der Waals surface area (Å²) in [5, 5.41) is 12.0. The van der Waals surface area contributed by atoms with Crippen LogP contribution >= 0.6 is 15.9 Å². The van der Waals surface area contributed by atoms with Gasteiger partial charge in [0.15, 0.2) is 11.6 Å². The van der Waals surface area contributed by atoms with Crippen molar-refractivity contribution < 1.29 is 28.5 Å². The van der Waals surface area contributed by atoms with E-state index in [0.717, 1.165) is 10.0 Å². The van der Waals surface area contributed by atoms with Gasteiger partial charge in [0.05, 0.1) is 13.7 Å². The zero-order valence-electron chi connectivity index (χ0n) is 23.6. The van der Waals surface area contributed by atoms with E-state index in [4.69, 9.17) is 24.3 Å². The number of carbonyl (C=O) groups is 1. The second-order valence-electron chi connectivity index (χ2n) is 10.1. The third-order valence-corrected chi connectivity index (χ3v) is 8.02. The molecule has 0 saturated carbocycles. The van der Waals surface area contributed by atoms with E-state index in [9.17, 15) is 9.18 Å². The first-order valence-electron chi connectivity index (χ1n) is 13.9. The average Bonchev–Trinajstić information content (AvgIpc) is 3.42. The summed E-state index contributed by atoms with van der Waals surface area (Å²) in [6.45, 7) is 0.425. The lowest BCUT2D eigenvalue weighted by Gasteiger charge is -2.31. The number of hydrogen-bond donors (Lipinski definition) is 2. The zero-order chi connectivity index (χ0) is 30.2. The van der Waals surface area contributed by atoms with E-state index < -0.39 is 23.4 Å². The topological polar surface area (TPSA) is 89.4 Å². The number of nitrogens with one attached hydrogen (secondary N) is 1. The van der Waals surface area contributed by atoms with E-state index in [0.29, 0.717) is 47.1 Å². The first-order valence-corrected chi connectivity index (χ1v) is 14.7. The van der Waals surface area contributed by atoms with Gasteiger partial charge < -0.3 is 24.6 Å². The largest absolute Gasteiger partial charge is 0.497 e. The fourth-order valence-corrected chi connectivity index (χ4v) is 5.41. The third-order valence-electron chi connectivity index (χ3n) is 7.24. The molecule has 1 amide bonds. The van der Waals surface area contributed by atoms with Crippen molar-refractivity contribution >= 4 is 27.7 Å². The number of benzene rings is 4. The van der Waals surface area contributed by atoms with E-state index in [-0.39, 0.29) is 19.6 Å². The molecule has 0 unspecified atom stereocenters. The predicted octanol–water partition coefficient (Wildman–Crippen LogP) is 6.17. The van der Waals surface area contributed by atoms with Crippen LogP contribution in [0.2, 0.25) is 0 Å². The molecule has 0 saturated heterocycles. The summed E-state index contributed by atoms with van der Waals surface area (Å²) in [5.74, 6) is 0.740. The van der Waals surface area contributed by atoms with Gasteiger partial charge in [0, 0.05) is 41.6 Å². The number of methoxy groups -OCH3 is 1. The molecule has 5 rings (SSSR count). The summed E-state index contributed by atoms with van der Waals surface area (Å²) in [6, 6.07) is 28.6. The summed E-state index contributed by atoms with van der Waals surface area (Å²) < 4.78 is 33.1. The Morgan fingerprint density at radius 1 is 1.00 bits per heavy atom. The van der Waals surface area contributed by atoms with E-state index in [1.807, 2.05) is 60.7 Å². The number of rotatable bonds is 12. The molecule has 1 aliphatic heterocycles. The monoisotopic (exact) mass is 646 g/mol. The molecule has 0 aliphatic carbocycles. The SMILES string of the molecule is COc1cccc([C@H]2OC(c3ccc(OCCCO)cc3)=N[C@@]2(Cc2ccccc2Br)C(=O)NCc2ccccc2F)c1. The van der Waals surface area contributed by atoms with E-state index in [2.05, 4.69) is 21.2 Å². The first-order chi connectivity index (χ1) is 20.9. The van der Waals surface area contributed by atoms with Crippen molar-refractivity contribution in [1.29, 1.82) is 0 Å². The number of carbonyl (C=O) groups excluding carboxylic acids is 1. The lowest BCUT2D eigenvalue weighted by Crippen LogP contribution is -2.49. The molecule has 7 nitrogen and oxygen atoms in total. The smallest absolute Gasteiger partial charge is 0.252 e. The highest BCUT2D eigenvalue weighted by Crippen LogP contribution is 2.44. The molecule has 1 aliphatic rings. The second kappa shape index (κ2) is 13.8. The highest BCUT2D eigenvalue weighted by atomic mass is 79.9. The molecule has 43 heavy (non-hydrogen) atoms. The van der Waals surface area contributed by atoms with Crippen LogP contribution in [0, 0.1) is 5.82 Å². The lowest BCUT2D eigenvalue weighted by molar-refractivity contribution is -0.129. The molecule has 0 aromatic heterocycles. The summed E-state index contributed by atoms with van der Waals surface area (Å²) in [6.07, 6.45) is -0.101. The minimum absolute atomic E-state index is 0.0151. The van der Waals surface area contributed by atoms with Crippen molar-refractivity contribution in [1.82, 2.24) is 5.32 Å². The van der Waals surface area contributed by atoms with E-state index in [1.165, 1.54) is 6.07 Å². The van der Waals surface area contributed by atoms with Crippen LogP contribution in [-0.4, -0.2) is 42.8 Å². The van der Waals surface area contributed by atoms with Gasteiger partial charge in [-0.3, -0.25) is 4.79 Å². The maximum atomic E-state index is 14.5. The highest BCUT2D eigenvalue weighted by molar-refractivity contribution is 9.10. The van der Waals surface area contributed by atoms with Crippen LogP contribution in [0.4, 0.5) is 4.39 Å². The van der Waals surface area contributed by atoms with Crippen molar-refractivity contribution in [3.05, 3.63) is 130 Å². The van der Waals surface area contributed by atoms with Gasteiger partial charge >= 0.3 is 0 Å². The van der Waals surface area contributed by atoms with Gasteiger partial charge in [-0.15, -0.1) is 0 Å². The Hall–Kier alpha value is -4.21. The highest BCUT2D eigenvalue weighted by Gasteiger charge is 2.53. The Labute approximate surface area is 258 Å². The molecule has 222 valence electrons. The number of aliphatic hydroxyl groups excluding tert-OH is 1. The first kappa shape index (κ1) is 30.3. The second-order valence-corrected chi connectivity index (χ2v) is 11.0. The van der Waals surface area contributed by atoms with Gasteiger partial charge in [-0.05, 0) is 59.7 Å². The Bertz CT molecular complexity index is 1600. The fraction of sp³-hybridized carbons (Fsp3) is 0.235. The van der Waals surface area contributed by atoms with Gasteiger partial charge in [0.2, 0.25) is 5.90 Å². The van der Waals surface area contributed by atoms with Crippen molar-refractivity contribution in [2.45, 2.75) is 31.0 Å². The number of amides is 1. The predicted molar refractivity (Wildman–Crippen MR) is 166 cm³/mol. The number of hydrogen-bond acceptors (Lipinski definition) is 6. The molecule has 4 aromatic rings. The van der Waals surface area contributed by atoms with Crippen LogP contribution in [0.25, 0.3) is 0 Å². The normalized spacial score (nSPS) is 17.6. The third kappa shape index (κ3) is 6.89. The summed E-state index contributed by atoms with van der Waals surface area (Å²) in [7, 11) is 1.58. The molecule has 9 heteroatoms. The van der Waals surface area contributed by atoms with Crippen LogP contribution in [-0.2, 0) is 22.5 Å². The van der Waals surface area contributed by atoms with Crippen molar-refractivity contribution in [3.8, 4) is 11.5 Å². The van der Waals surface area contributed by atoms with Crippen LogP contribution in [0.3, 0.4) is 0 Å². The van der Waals surface area contributed by atoms with Crippen molar-refractivity contribution in [2.75, 3.05) is 20.3 Å². The Balaban J connectivity index is 1.58. The molecular weight excluding hydrogens is 615 g/mol. The average molecular weight is 648 g/mol. The number of ether oxygens (including phenoxy) is 3. The summed E-state index contributed by atoms with van der Waals surface area (Å²) >= 11 is 3.63. The molecule has 2 N–H and O–H groups in total. The lowest BCUT2D eigenvalue weighted by atomic mass is 9.82. The Kier molecular flexibility index (Phi) is 9.74. The van der Waals surface area contributed by atoms with Crippen LogP contribution < -0.4 is 14.8 Å². The Morgan fingerprint density at radius 2 is 1.74 bits per heavy atom. The maximum Gasteiger partial charge on any atom is 0.252 e. The molecule has 2 atom stereocenters. The van der Waals surface area contributed by atoms with Crippen molar-refractivity contribution in [3.63, 3.8) is 0 Å². The zero-order valence-corrected chi connectivity index (χ0v) is 25.2.